The number of hydrogen-bond acceptors (Lipinski definition) is 4. The maximum Gasteiger partial charge on any atom is 0.264 e. The summed E-state index contributed by atoms with van der Waals surface area (Å²) in [6.45, 7) is 3.10. The molecule has 29 heavy (non-hydrogen) atoms. The van der Waals surface area contributed by atoms with Crippen molar-refractivity contribution in [3.05, 3.63) is 58.6 Å². The number of benzene rings is 2. The SMILES string of the molecule is C[C@H]1Cc2cc(C(=O)NC[C@H]3CCCO3)ccc2N1S(=O)(=O)c1ccc(Cl)cc1. The number of carbonyl (C=O) groups is 1. The normalized spacial score (nSPS) is 21.2. The first-order chi connectivity index (χ1) is 13.9. The molecule has 0 bridgehead atoms. The van der Waals surface area contributed by atoms with Gasteiger partial charge in [-0.3, -0.25) is 9.10 Å². The third-order valence-electron chi connectivity index (χ3n) is 5.38. The molecule has 0 saturated carbocycles. The molecule has 1 fully saturated rings. The average molecular weight is 435 g/mol. The number of halogens is 1. The van der Waals surface area contributed by atoms with Crippen molar-refractivity contribution in [1.29, 1.82) is 0 Å². The molecule has 2 aromatic carbocycles. The first kappa shape index (κ1) is 20.2. The standard InChI is InChI=1S/C21H23ClN2O4S/c1-14-11-16-12-15(21(25)23-13-18-3-2-10-28-18)4-9-20(16)24(14)29(26,27)19-7-5-17(22)6-8-19/h4-9,12,14,18H,2-3,10-11,13H2,1H3,(H,23,25)/t14-,18+/m0/s1. The van der Waals surface area contributed by atoms with E-state index in [-0.39, 0.29) is 22.9 Å². The van der Waals surface area contributed by atoms with Crippen LogP contribution in [0.4, 0.5) is 5.69 Å². The van der Waals surface area contributed by atoms with Crippen LogP contribution >= 0.6 is 11.6 Å². The lowest BCUT2D eigenvalue weighted by Crippen LogP contribution is -2.35. The van der Waals surface area contributed by atoms with Crippen molar-refractivity contribution >= 4 is 33.2 Å². The van der Waals surface area contributed by atoms with Crippen LogP contribution in [0.1, 0.15) is 35.7 Å². The summed E-state index contributed by atoms with van der Waals surface area (Å²) in [5, 5.41) is 3.39. The molecule has 1 N–H and O–H groups in total. The Bertz CT molecular complexity index is 1020. The van der Waals surface area contributed by atoms with Gasteiger partial charge in [0.1, 0.15) is 0 Å². The first-order valence-corrected chi connectivity index (χ1v) is 11.5. The number of carbonyl (C=O) groups excluding carboxylic acids is 1. The van der Waals surface area contributed by atoms with Crippen LogP contribution in [-0.4, -0.2) is 39.6 Å². The van der Waals surface area contributed by atoms with Gasteiger partial charge in [0.2, 0.25) is 0 Å². The molecule has 2 heterocycles. The Morgan fingerprint density at radius 3 is 2.69 bits per heavy atom. The second kappa shape index (κ2) is 7.97. The fourth-order valence-electron chi connectivity index (χ4n) is 3.94. The second-order valence-corrected chi connectivity index (χ2v) is 9.75. The molecule has 2 aromatic rings. The van der Waals surface area contributed by atoms with Gasteiger partial charge in [0.05, 0.1) is 16.7 Å². The number of amides is 1. The van der Waals surface area contributed by atoms with Gasteiger partial charge in [0, 0.05) is 29.8 Å². The summed E-state index contributed by atoms with van der Waals surface area (Å²) < 4.78 is 33.3. The van der Waals surface area contributed by atoms with Crippen molar-refractivity contribution in [1.82, 2.24) is 5.32 Å². The van der Waals surface area contributed by atoms with Crippen LogP contribution in [0, 0.1) is 0 Å². The average Bonchev–Trinajstić information content (AvgIpc) is 3.32. The van der Waals surface area contributed by atoms with Crippen LogP contribution < -0.4 is 9.62 Å². The van der Waals surface area contributed by atoms with E-state index in [4.69, 9.17) is 16.3 Å². The lowest BCUT2D eigenvalue weighted by atomic mass is 10.1. The van der Waals surface area contributed by atoms with Crippen LogP contribution in [0.5, 0.6) is 0 Å². The Balaban J connectivity index is 1.56. The van der Waals surface area contributed by atoms with E-state index in [1.165, 1.54) is 16.4 Å². The Kier molecular flexibility index (Phi) is 5.55. The molecule has 2 atom stereocenters. The van der Waals surface area contributed by atoms with Gasteiger partial charge in [-0.15, -0.1) is 0 Å². The highest BCUT2D eigenvalue weighted by Crippen LogP contribution is 2.37. The molecule has 1 amide bonds. The third-order valence-corrected chi connectivity index (χ3v) is 7.57. The van der Waals surface area contributed by atoms with Crippen molar-refractivity contribution in [3.63, 3.8) is 0 Å². The summed E-state index contributed by atoms with van der Waals surface area (Å²) in [4.78, 5) is 12.7. The lowest BCUT2D eigenvalue weighted by Gasteiger charge is -2.24. The second-order valence-electron chi connectivity index (χ2n) is 7.50. The molecule has 0 aliphatic carbocycles. The van der Waals surface area contributed by atoms with Gasteiger partial charge in [0.25, 0.3) is 15.9 Å². The van der Waals surface area contributed by atoms with Gasteiger partial charge in [-0.05, 0) is 74.2 Å². The van der Waals surface area contributed by atoms with E-state index in [1.54, 1.807) is 30.3 Å². The summed E-state index contributed by atoms with van der Waals surface area (Å²) >= 11 is 5.89. The number of rotatable bonds is 5. The Morgan fingerprint density at radius 1 is 1.24 bits per heavy atom. The van der Waals surface area contributed by atoms with Crippen LogP contribution in [0.2, 0.25) is 5.02 Å². The number of nitrogens with one attached hydrogen (secondary N) is 1. The first-order valence-electron chi connectivity index (χ1n) is 9.69. The number of nitrogens with zero attached hydrogens (tertiary/aromatic N) is 1. The van der Waals surface area contributed by atoms with Crippen LogP contribution in [0.15, 0.2) is 47.4 Å². The molecule has 0 unspecified atom stereocenters. The number of hydrogen-bond donors (Lipinski definition) is 1. The summed E-state index contributed by atoms with van der Waals surface area (Å²) in [5.74, 6) is -0.171. The zero-order valence-electron chi connectivity index (χ0n) is 16.1. The van der Waals surface area contributed by atoms with Gasteiger partial charge in [-0.2, -0.15) is 0 Å². The van der Waals surface area contributed by atoms with E-state index in [0.717, 1.165) is 25.0 Å². The van der Waals surface area contributed by atoms with Crippen LogP contribution in [0.3, 0.4) is 0 Å². The number of anilines is 1. The smallest absolute Gasteiger partial charge is 0.264 e. The van der Waals surface area contributed by atoms with E-state index in [0.29, 0.717) is 29.2 Å². The molecule has 154 valence electrons. The number of fused-ring (bicyclic) bond motifs is 1. The molecule has 2 aliphatic heterocycles. The van der Waals surface area contributed by atoms with E-state index < -0.39 is 10.0 Å². The fourth-order valence-corrected chi connectivity index (χ4v) is 5.76. The van der Waals surface area contributed by atoms with Gasteiger partial charge < -0.3 is 10.1 Å². The van der Waals surface area contributed by atoms with Gasteiger partial charge in [-0.1, -0.05) is 11.6 Å². The minimum absolute atomic E-state index is 0.0772. The highest BCUT2D eigenvalue weighted by atomic mass is 35.5. The van der Waals surface area contributed by atoms with E-state index in [1.807, 2.05) is 6.92 Å². The molecule has 6 nitrogen and oxygen atoms in total. The Morgan fingerprint density at radius 2 is 2.00 bits per heavy atom. The van der Waals surface area contributed by atoms with Crippen LogP contribution in [-0.2, 0) is 21.2 Å². The highest BCUT2D eigenvalue weighted by molar-refractivity contribution is 7.92. The molecular weight excluding hydrogens is 412 g/mol. The molecule has 0 spiro atoms. The van der Waals surface area contributed by atoms with E-state index in [9.17, 15) is 13.2 Å². The largest absolute Gasteiger partial charge is 0.376 e. The summed E-state index contributed by atoms with van der Waals surface area (Å²) in [7, 11) is -3.71. The Labute approximate surface area is 175 Å². The quantitative estimate of drug-likeness (QED) is 0.782. The van der Waals surface area contributed by atoms with Crippen molar-refractivity contribution in [2.45, 2.75) is 43.2 Å². The minimum atomic E-state index is -3.71. The fraction of sp³-hybridized carbons (Fsp3) is 0.381. The van der Waals surface area contributed by atoms with Crippen LogP contribution in [0.25, 0.3) is 0 Å². The predicted molar refractivity (Wildman–Crippen MR) is 112 cm³/mol. The summed E-state index contributed by atoms with van der Waals surface area (Å²) in [6, 6.07) is 11.1. The molecule has 8 heteroatoms. The molecule has 0 aromatic heterocycles. The van der Waals surface area contributed by atoms with Crippen molar-refractivity contribution in [2.24, 2.45) is 0 Å². The molecular formula is C21H23ClN2O4S. The zero-order valence-corrected chi connectivity index (χ0v) is 17.7. The van der Waals surface area contributed by atoms with E-state index in [2.05, 4.69) is 5.32 Å². The molecule has 1 saturated heterocycles. The van der Waals surface area contributed by atoms with Crippen molar-refractivity contribution < 1.29 is 17.9 Å². The lowest BCUT2D eigenvalue weighted by molar-refractivity contribution is 0.0857. The third kappa shape index (κ3) is 3.99. The predicted octanol–water partition coefficient (Wildman–Crippen LogP) is 3.39. The van der Waals surface area contributed by atoms with Gasteiger partial charge in [0.15, 0.2) is 0 Å². The molecule has 2 aliphatic rings. The maximum absolute atomic E-state index is 13.2. The topological polar surface area (TPSA) is 75.7 Å². The number of sulfonamides is 1. The monoisotopic (exact) mass is 434 g/mol. The maximum atomic E-state index is 13.2. The van der Waals surface area contributed by atoms with E-state index >= 15 is 0 Å². The molecule has 4 rings (SSSR count). The summed E-state index contributed by atoms with van der Waals surface area (Å²) in [5.41, 5.74) is 1.99. The Hall–Kier alpha value is -2.09. The summed E-state index contributed by atoms with van der Waals surface area (Å²) in [6.07, 6.45) is 2.61. The van der Waals surface area contributed by atoms with Crippen molar-refractivity contribution in [2.75, 3.05) is 17.5 Å². The highest BCUT2D eigenvalue weighted by Gasteiger charge is 2.36. The minimum Gasteiger partial charge on any atom is -0.376 e. The number of ether oxygens (including phenoxy) is 1. The molecule has 0 radical (unpaired) electrons. The van der Waals surface area contributed by atoms with Gasteiger partial charge >= 0.3 is 0 Å². The zero-order chi connectivity index (χ0) is 20.6. The van der Waals surface area contributed by atoms with Gasteiger partial charge in [-0.25, -0.2) is 8.42 Å². The van der Waals surface area contributed by atoms with Crippen molar-refractivity contribution in [3.8, 4) is 0 Å².